The van der Waals surface area contributed by atoms with E-state index in [1.807, 2.05) is 0 Å². The summed E-state index contributed by atoms with van der Waals surface area (Å²) in [6.45, 7) is 2.55. The zero-order valence-electron chi connectivity index (χ0n) is 26.5. The molecule has 0 atom stereocenters. The van der Waals surface area contributed by atoms with Gasteiger partial charge in [-0.1, -0.05) is 135 Å². The molecule has 1 aromatic rings. The van der Waals surface area contributed by atoms with Crippen LogP contribution in [0, 0.1) is 0 Å². The number of ether oxygens (including phenoxy) is 2. The van der Waals surface area contributed by atoms with Crippen LogP contribution in [0.4, 0.5) is 0 Å². The van der Waals surface area contributed by atoms with Crippen molar-refractivity contribution in [3.05, 3.63) is 35.4 Å². The number of esters is 2. The first kappa shape index (κ1) is 41.7. The van der Waals surface area contributed by atoms with Crippen molar-refractivity contribution in [3.8, 4) is 0 Å². The molecule has 1 rings (SSSR count). The number of hydrogen-bond donors (Lipinski definition) is 0. The van der Waals surface area contributed by atoms with E-state index in [1.165, 1.54) is 115 Å². The van der Waals surface area contributed by atoms with Crippen LogP contribution >= 0.6 is 0 Å². The van der Waals surface area contributed by atoms with E-state index in [2.05, 4.69) is 6.92 Å². The first-order valence-corrected chi connectivity index (χ1v) is 17.8. The van der Waals surface area contributed by atoms with Gasteiger partial charge in [0.15, 0.2) is 0 Å². The predicted molar refractivity (Wildman–Crippen MR) is 164 cm³/mol. The van der Waals surface area contributed by atoms with Crippen molar-refractivity contribution < 1.29 is 83.4 Å². The Kier molecular flexibility index (Phi) is 28.0. The molecule has 9 heteroatoms. The third-order valence-corrected chi connectivity index (χ3v) is 8.16. The van der Waals surface area contributed by atoms with Gasteiger partial charge in [-0.05, 0) is 31.4 Å². The van der Waals surface area contributed by atoms with Crippen molar-refractivity contribution in [1.82, 2.24) is 0 Å². The second-order valence-corrected chi connectivity index (χ2v) is 12.7. The van der Waals surface area contributed by atoms with Crippen LogP contribution in [0.15, 0.2) is 24.3 Å². The Morgan fingerprint density at radius 2 is 0.881 bits per heavy atom. The summed E-state index contributed by atoms with van der Waals surface area (Å²) < 4.78 is 42.4. The molecular weight excluding hydrogens is 580 g/mol. The second kappa shape index (κ2) is 28.2. The van der Waals surface area contributed by atoms with Crippen LogP contribution in [0.5, 0.6) is 0 Å². The quantitative estimate of drug-likeness (QED) is 0.0524. The summed E-state index contributed by atoms with van der Waals surface area (Å²) in [5.74, 6) is -1.73. The number of rotatable bonds is 27. The maximum atomic E-state index is 12.5. The molecule has 0 aliphatic carbocycles. The molecule has 0 heterocycles. The minimum atomic E-state index is -4.28. The molecule has 0 fully saturated rings. The Morgan fingerprint density at radius 1 is 0.571 bits per heavy atom. The van der Waals surface area contributed by atoms with E-state index in [1.54, 1.807) is 12.1 Å². The summed E-state index contributed by atoms with van der Waals surface area (Å²) in [5.41, 5.74) is 0.263. The van der Waals surface area contributed by atoms with E-state index in [9.17, 15) is 22.6 Å². The van der Waals surface area contributed by atoms with Crippen LogP contribution in [-0.4, -0.2) is 43.9 Å². The Labute approximate surface area is 298 Å². The Bertz CT molecular complexity index is 921. The second-order valence-electron chi connectivity index (χ2n) is 11.2. The van der Waals surface area contributed by atoms with Crippen LogP contribution in [0.1, 0.15) is 162 Å². The molecule has 0 aliphatic rings. The molecule has 0 saturated heterocycles. The average Bonchev–Trinajstić information content (AvgIpc) is 2.95. The van der Waals surface area contributed by atoms with Gasteiger partial charge in [0, 0.05) is 5.75 Å². The van der Waals surface area contributed by atoms with E-state index < -0.39 is 27.8 Å². The predicted octanol–water partition coefficient (Wildman–Crippen LogP) is 5.76. The topological polar surface area (TPSA) is 110 Å². The number of carbonyl (C=O) groups excluding carboxylic acids is 2. The van der Waals surface area contributed by atoms with Gasteiger partial charge in [-0.3, -0.25) is 0 Å². The first-order chi connectivity index (χ1) is 19.8. The van der Waals surface area contributed by atoms with Crippen molar-refractivity contribution in [2.75, 3.05) is 19.0 Å². The van der Waals surface area contributed by atoms with Crippen molar-refractivity contribution in [3.63, 3.8) is 0 Å². The van der Waals surface area contributed by atoms with E-state index in [4.69, 9.17) is 9.47 Å². The van der Waals surface area contributed by atoms with Gasteiger partial charge >= 0.3 is 63.3 Å². The summed E-state index contributed by atoms with van der Waals surface area (Å²) in [6, 6.07) is 6.32. The molecule has 0 N–H and O–H groups in total. The maximum Gasteiger partial charge on any atom is 1.00 e. The average molecular weight is 635 g/mol. The number of unbranched alkanes of at least 4 members (excludes halogenated alkanes) is 19. The molecule has 42 heavy (non-hydrogen) atoms. The molecule has 0 aromatic heterocycles. The van der Waals surface area contributed by atoms with Gasteiger partial charge in [-0.2, -0.15) is 0 Å². The standard InChI is InChI=1S/C33H56O7S.K/c1-2-3-4-5-6-7-8-9-10-11-12-13-14-15-16-17-18-19-22-27-39-32(34)30-25-20-21-26-31(30)33(35)40-28-23-24-29-41(36,37)38;/h20-21,25-26H,2-19,22-24,27-29H2,1H3,(H,36,37,38);/q;+1/p-1. The van der Waals surface area contributed by atoms with Gasteiger partial charge in [-0.25, -0.2) is 18.0 Å². The summed E-state index contributed by atoms with van der Waals surface area (Å²) in [6.07, 6.45) is 25.1. The molecule has 0 amide bonds. The van der Waals surface area contributed by atoms with Gasteiger partial charge in [0.2, 0.25) is 0 Å². The molecular formula is C33H55KO7S. The fourth-order valence-corrected chi connectivity index (χ4v) is 5.44. The fraction of sp³-hybridized carbons (Fsp3) is 0.758. The summed E-state index contributed by atoms with van der Waals surface area (Å²) in [7, 11) is -4.28. The van der Waals surface area contributed by atoms with Crippen LogP contribution in [0.25, 0.3) is 0 Å². The Hall–Kier alpha value is -0.294. The van der Waals surface area contributed by atoms with E-state index >= 15 is 0 Å². The maximum absolute atomic E-state index is 12.5. The van der Waals surface area contributed by atoms with Crippen LogP contribution in [-0.2, 0) is 19.6 Å². The summed E-state index contributed by atoms with van der Waals surface area (Å²) in [5, 5.41) is 0. The molecule has 0 aliphatic heterocycles. The minimum absolute atomic E-state index is 0. The van der Waals surface area contributed by atoms with Crippen molar-refractivity contribution in [1.29, 1.82) is 0 Å². The first-order valence-electron chi connectivity index (χ1n) is 16.2. The van der Waals surface area contributed by atoms with Crippen molar-refractivity contribution >= 4 is 22.1 Å². The summed E-state index contributed by atoms with van der Waals surface area (Å²) >= 11 is 0. The largest absolute Gasteiger partial charge is 1.00 e. The monoisotopic (exact) mass is 634 g/mol. The van der Waals surface area contributed by atoms with Crippen LogP contribution in [0.3, 0.4) is 0 Å². The SMILES string of the molecule is CCCCCCCCCCCCCCCCCCCCCOC(=O)c1ccccc1C(=O)OCCCCS(=O)(=O)[O-].[K+]. The van der Waals surface area contributed by atoms with Crippen molar-refractivity contribution in [2.45, 2.75) is 142 Å². The number of hydrogen-bond acceptors (Lipinski definition) is 7. The fourth-order valence-electron chi connectivity index (χ4n) is 4.89. The molecule has 236 valence electrons. The zero-order chi connectivity index (χ0) is 30.0. The van der Waals surface area contributed by atoms with Crippen molar-refractivity contribution in [2.24, 2.45) is 0 Å². The van der Waals surface area contributed by atoms with Gasteiger partial charge in [-0.15, -0.1) is 0 Å². The molecule has 0 bridgehead atoms. The Morgan fingerprint density at radius 3 is 1.21 bits per heavy atom. The van der Waals surface area contributed by atoms with Crippen LogP contribution in [0.2, 0.25) is 0 Å². The molecule has 1 aromatic carbocycles. The normalized spacial score (nSPS) is 11.2. The van der Waals surface area contributed by atoms with E-state index in [0.717, 1.165) is 19.3 Å². The van der Waals surface area contributed by atoms with Gasteiger partial charge in [0.25, 0.3) is 0 Å². The van der Waals surface area contributed by atoms with Gasteiger partial charge in [0.05, 0.1) is 34.5 Å². The Balaban J connectivity index is 0.0000168. The van der Waals surface area contributed by atoms with E-state index in [0.29, 0.717) is 6.61 Å². The number of benzene rings is 1. The van der Waals surface area contributed by atoms with Gasteiger partial charge in [0.1, 0.15) is 0 Å². The molecule has 0 spiro atoms. The van der Waals surface area contributed by atoms with E-state index in [-0.39, 0.29) is 82.0 Å². The summed E-state index contributed by atoms with van der Waals surface area (Å²) in [4.78, 5) is 24.9. The molecule has 0 radical (unpaired) electrons. The third kappa shape index (κ3) is 24.1. The number of carbonyl (C=O) groups is 2. The molecule has 0 unspecified atom stereocenters. The van der Waals surface area contributed by atoms with Crippen LogP contribution < -0.4 is 51.4 Å². The molecule has 7 nitrogen and oxygen atoms in total. The molecule has 0 saturated carbocycles. The smallest absolute Gasteiger partial charge is 0.748 e. The third-order valence-electron chi connectivity index (χ3n) is 7.37. The zero-order valence-corrected chi connectivity index (χ0v) is 30.5. The van der Waals surface area contributed by atoms with Gasteiger partial charge < -0.3 is 14.0 Å². The minimum Gasteiger partial charge on any atom is -0.748 e.